The number of fused-ring (bicyclic) bond motifs is 1. The second kappa shape index (κ2) is 4.72. The van der Waals surface area contributed by atoms with Crippen LogP contribution in [-0.4, -0.2) is 11.8 Å². The van der Waals surface area contributed by atoms with Crippen molar-refractivity contribution in [3.63, 3.8) is 0 Å². The standard InChI is InChI=1S/C17H21NO2/c1-10-4-7-14-15(8-10)17(20)18(16(14)19)13-6-5-11(2)12(3)9-13/h5-6,9-10,14-15H,4,7-8H2,1-3H3/t10-,14-,15+/m0/s1. The van der Waals surface area contributed by atoms with Gasteiger partial charge in [-0.15, -0.1) is 0 Å². The fourth-order valence-corrected chi connectivity index (χ4v) is 3.51. The normalized spacial score (nSPS) is 29.8. The minimum absolute atomic E-state index is 0.00908. The third-order valence-electron chi connectivity index (χ3n) is 4.94. The van der Waals surface area contributed by atoms with Gasteiger partial charge in [-0.25, -0.2) is 0 Å². The van der Waals surface area contributed by atoms with E-state index in [0.29, 0.717) is 5.92 Å². The first-order chi connectivity index (χ1) is 9.49. The summed E-state index contributed by atoms with van der Waals surface area (Å²) in [4.78, 5) is 26.6. The molecule has 0 aromatic heterocycles. The molecule has 2 aliphatic rings. The van der Waals surface area contributed by atoms with Crippen LogP contribution in [0.5, 0.6) is 0 Å². The lowest BCUT2D eigenvalue weighted by Crippen LogP contribution is -2.30. The van der Waals surface area contributed by atoms with E-state index >= 15 is 0 Å². The van der Waals surface area contributed by atoms with Gasteiger partial charge in [0.15, 0.2) is 0 Å². The van der Waals surface area contributed by atoms with Gasteiger partial charge in [0, 0.05) is 0 Å². The molecule has 20 heavy (non-hydrogen) atoms. The van der Waals surface area contributed by atoms with E-state index in [1.54, 1.807) is 0 Å². The third-order valence-corrected chi connectivity index (χ3v) is 4.94. The van der Waals surface area contributed by atoms with Crippen molar-refractivity contribution < 1.29 is 9.59 Å². The van der Waals surface area contributed by atoms with E-state index < -0.39 is 0 Å². The van der Waals surface area contributed by atoms with Crippen LogP contribution in [0, 0.1) is 31.6 Å². The molecular formula is C17H21NO2. The molecule has 106 valence electrons. The van der Waals surface area contributed by atoms with Gasteiger partial charge in [-0.3, -0.25) is 14.5 Å². The number of benzene rings is 1. The zero-order chi connectivity index (χ0) is 14.4. The summed E-state index contributed by atoms with van der Waals surface area (Å²) in [5.41, 5.74) is 3.04. The molecule has 3 nitrogen and oxygen atoms in total. The molecular weight excluding hydrogens is 250 g/mol. The molecule has 1 aromatic rings. The third kappa shape index (κ3) is 1.96. The molecule has 1 saturated carbocycles. The number of carbonyl (C=O) groups is 2. The number of nitrogens with zero attached hydrogens (tertiary/aromatic N) is 1. The molecule has 3 atom stereocenters. The number of rotatable bonds is 1. The highest BCUT2D eigenvalue weighted by Crippen LogP contribution is 2.42. The van der Waals surface area contributed by atoms with Gasteiger partial charge in [0.25, 0.3) is 0 Å². The minimum Gasteiger partial charge on any atom is -0.274 e. The maximum Gasteiger partial charge on any atom is 0.237 e. The van der Waals surface area contributed by atoms with Crippen LogP contribution in [0.2, 0.25) is 0 Å². The van der Waals surface area contributed by atoms with Crippen molar-refractivity contribution in [1.82, 2.24) is 0 Å². The molecule has 1 heterocycles. The smallest absolute Gasteiger partial charge is 0.237 e. The molecule has 0 N–H and O–H groups in total. The zero-order valence-electron chi connectivity index (χ0n) is 12.3. The van der Waals surface area contributed by atoms with E-state index in [0.717, 1.165) is 30.5 Å². The van der Waals surface area contributed by atoms with Crippen LogP contribution in [0.25, 0.3) is 0 Å². The Kier molecular flexibility index (Phi) is 3.15. The molecule has 1 aliphatic heterocycles. The van der Waals surface area contributed by atoms with E-state index in [1.807, 2.05) is 32.0 Å². The molecule has 1 aliphatic carbocycles. The van der Waals surface area contributed by atoms with Crippen LogP contribution >= 0.6 is 0 Å². The summed E-state index contributed by atoms with van der Waals surface area (Å²) in [5.74, 6) is 0.394. The number of imide groups is 1. The summed E-state index contributed by atoms with van der Waals surface area (Å²) in [6.07, 6.45) is 2.77. The van der Waals surface area contributed by atoms with Crippen molar-refractivity contribution in [1.29, 1.82) is 0 Å². The Morgan fingerprint density at radius 2 is 1.70 bits per heavy atom. The molecule has 0 spiro atoms. The summed E-state index contributed by atoms with van der Waals surface area (Å²) in [6, 6.07) is 5.82. The van der Waals surface area contributed by atoms with Crippen LogP contribution in [-0.2, 0) is 9.59 Å². The molecule has 3 heteroatoms. The summed E-state index contributed by atoms with van der Waals surface area (Å²) < 4.78 is 0. The van der Waals surface area contributed by atoms with Gasteiger partial charge in [0.05, 0.1) is 17.5 Å². The number of aryl methyl sites for hydroxylation is 2. The maximum absolute atomic E-state index is 12.6. The van der Waals surface area contributed by atoms with Gasteiger partial charge in [0.1, 0.15) is 0 Å². The molecule has 2 amide bonds. The van der Waals surface area contributed by atoms with Crippen molar-refractivity contribution in [3.8, 4) is 0 Å². The molecule has 1 aromatic carbocycles. The van der Waals surface area contributed by atoms with Crippen molar-refractivity contribution in [2.24, 2.45) is 17.8 Å². The summed E-state index contributed by atoms with van der Waals surface area (Å²) in [6.45, 7) is 6.22. The van der Waals surface area contributed by atoms with Gasteiger partial charge in [-0.05, 0) is 62.3 Å². The van der Waals surface area contributed by atoms with Gasteiger partial charge < -0.3 is 0 Å². The fourth-order valence-electron chi connectivity index (χ4n) is 3.51. The molecule has 0 radical (unpaired) electrons. The largest absolute Gasteiger partial charge is 0.274 e. The molecule has 0 bridgehead atoms. The van der Waals surface area contributed by atoms with Crippen molar-refractivity contribution >= 4 is 17.5 Å². The van der Waals surface area contributed by atoms with Gasteiger partial charge in [-0.1, -0.05) is 13.0 Å². The Balaban J connectivity index is 1.96. The van der Waals surface area contributed by atoms with E-state index in [4.69, 9.17) is 0 Å². The monoisotopic (exact) mass is 271 g/mol. The summed E-state index contributed by atoms with van der Waals surface area (Å²) in [7, 11) is 0. The topological polar surface area (TPSA) is 37.4 Å². The SMILES string of the molecule is Cc1ccc(N2C(=O)[C@H]3CC[C@H](C)C[C@H]3C2=O)cc1C. The Bertz CT molecular complexity index is 578. The van der Waals surface area contributed by atoms with Crippen molar-refractivity contribution in [2.75, 3.05) is 4.90 Å². The fraction of sp³-hybridized carbons (Fsp3) is 0.529. The number of anilines is 1. The van der Waals surface area contributed by atoms with E-state index in [1.165, 1.54) is 10.5 Å². The minimum atomic E-state index is -0.0899. The molecule has 3 rings (SSSR count). The number of carbonyl (C=O) groups excluding carboxylic acids is 2. The Hall–Kier alpha value is -1.64. The van der Waals surface area contributed by atoms with Crippen molar-refractivity contribution in [3.05, 3.63) is 29.3 Å². The Labute approximate surface area is 120 Å². The number of amides is 2. The summed E-state index contributed by atoms with van der Waals surface area (Å²) in [5, 5.41) is 0. The van der Waals surface area contributed by atoms with Crippen molar-refractivity contribution in [2.45, 2.75) is 40.0 Å². The first-order valence-electron chi connectivity index (χ1n) is 7.44. The lowest BCUT2D eigenvalue weighted by Gasteiger charge is -2.25. The highest BCUT2D eigenvalue weighted by atomic mass is 16.2. The number of hydrogen-bond acceptors (Lipinski definition) is 2. The molecule has 1 saturated heterocycles. The van der Waals surface area contributed by atoms with Gasteiger partial charge in [-0.2, -0.15) is 0 Å². The summed E-state index contributed by atoms with van der Waals surface area (Å²) >= 11 is 0. The lowest BCUT2D eigenvalue weighted by atomic mass is 9.76. The van der Waals surface area contributed by atoms with Gasteiger partial charge in [0.2, 0.25) is 11.8 Å². The first kappa shape index (κ1) is 13.3. The van der Waals surface area contributed by atoms with E-state index in [2.05, 4.69) is 6.92 Å². The van der Waals surface area contributed by atoms with E-state index in [-0.39, 0.29) is 23.7 Å². The first-order valence-corrected chi connectivity index (χ1v) is 7.44. The Morgan fingerprint density at radius 3 is 2.40 bits per heavy atom. The average molecular weight is 271 g/mol. The average Bonchev–Trinajstić information content (AvgIpc) is 2.65. The number of hydrogen-bond donors (Lipinski definition) is 0. The second-order valence-corrected chi connectivity index (χ2v) is 6.41. The second-order valence-electron chi connectivity index (χ2n) is 6.41. The van der Waals surface area contributed by atoms with E-state index in [9.17, 15) is 9.59 Å². The molecule has 0 unspecified atom stereocenters. The quantitative estimate of drug-likeness (QED) is 0.735. The zero-order valence-corrected chi connectivity index (χ0v) is 12.3. The Morgan fingerprint density at radius 1 is 1.00 bits per heavy atom. The van der Waals surface area contributed by atoms with Gasteiger partial charge >= 0.3 is 0 Å². The highest BCUT2D eigenvalue weighted by molar-refractivity contribution is 6.22. The maximum atomic E-state index is 12.6. The van der Waals surface area contributed by atoms with Crippen LogP contribution < -0.4 is 4.90 Å². The van der Waals surface area contributed by atoms with Crippen LogP contribution in [0.1, 0.15) is 37.3 Å². The predicted octanol–water partition coefficient (Wildman–Crippen LogP) is 3.23. The van der Waals surface area contributed by atoms with Crippen LogP contribution in [0.4, 0.5) is 5.69 Å². The molecule has 2 fully saturated rings. The lowest BCUT2D eigenvalue weighted by molar-refractivity contribution is -0.122. The van der Waals surface area contributed by atoms with Crippen LogP contribution in [0.15, 0.2) is 18.2 Å². The highest BCUT2D eigenvalue weighted by Gasteiger charge is 2.49. The predicted molar refractivity (Wildman–Crippen MR) is 78.4 cm³/mol. The van der Waals surface area contributed by atoms with Crippen LogP contribution in [0.3, 0.4) is 0 Å².